The first-order valence-corrected chi connectivity index (χ1v) is 9.10. The lowest BCUT2D eigenvalue weighted by Crippen LogP contribution is -2.21. The van der Waals surface area contributed by atoms with Crippen LogP contribution in [0.15, 0.2) is 46.2 Å². The van der Waals surface area contributed by atoms with Gasteiger partial charge in [0.15, 0.2) is 0 Å². The van der Waals surface area contributed by atoms with Gasteiger partial charge in [-0.1, -0.05) is 37.6 Å². The van der Waals surface area contributed by atoms with Crippen LogP contribution in [-0.2, 0) is 18.7 Å². The summed E-state index contributed by atoms with van der Waals surface area (Å²) in [5.74, 6) is 0.820. The van der Waals surface area contributed by atoms with E-state index in [1.54, 1.807) is 24.0 Å². The quantitative estimate of drug-likeness (QED) is 0.716. The average Bonchev–Trinajstić information content (AvgIpc) is 2.58. The van der Waals surface area contributed by atoms with Crippen molar-refractivity contribution >= 4 is 11.8 Å². The molecule has 4 nitrogen and oxygen atoms in total. The number of hydrogen-bond acceptors (Lipinski definition) is 4. The predicted octanol–water partition coefficient (Wildman–Crippen LogP) is 3.26. The van der Waals surface area contributed by atoms with Crippen LogP contribution >= 0.6 is 11.8 Å². The van der Waals surface area contributed by atoms with E-state index in [0.29, 0.717) is 6.54 Å². The molecular formula is C18H24N2O2S. The standard InChI is InChI=1S/C18H24N2O2S/c1-2-3-10-20-18(22)12-17(13-19-20)23-14-16-8-6-15(7-9-16)5-4-11-21/h6-9,12-13,21H,2-5,10-11,14H2,1H3. The summed E-state index contributed by atoms with van der Waals surface area (Å²) in [4.78, 5) is 12.9. The number of benzene rings is 1. The Morgan fingerprint density at radius 1 is 1.17 bits per heavy atom. The molecule has 1 aromatic heterocycles. The minimum Gasteiger partial charge on any atom is -0.396 e. The Bertz CT molecular complexity index is 653. The van der Waals surface area contributed by atoms with E-state index in [1.165, 1.54) is 15.8 Å². The first kappa shape index (κ1) is 17.8. The first-order valence-electron chi connectivity index (χ1n) is 8.11. The predicted molar refractivity (Wildman–Crippen MR) is 94.8 cm³/mol. The summed E-state index contributed by atoms with van der Waals surface area (Å²) in [6.07, 6.45) is 5.51. The van der Waals surface area contributed by atoms with Crippen LogP contribution < -0.4 is 5.56 Å². The Balaban J connectivity index is 1.90. The molecule has 0 aliphatic heterocycles. The van der Waals surface area contributed by atoms with Crippen LogP contribution in [0.2, 0.25) is 0 Å². The summed E-state index contributed by atoms with van der Waals surface area (Å²) in [5.41, 5.74) is 2.44. The van der Waals surface area contributed by atoms with Gasteiger partial charge in [-0.2, -0.15) is 5.10 Å². The molecule has 0 spiro atoms. The number of rotatable bonds is 9. The molecule has 0 bridgehead atoms. The molecule has 0 unspecified atom stereocenters. The number of unbranched alkanes of at least 4 members (excludes halogenated alkanes) is 1. The summed E-state index contributed by atoms with van der Waals surface area (Å²) < 4.78 is 1.53. The number of aryl methyl sites for hydroxylation is 2. The van der Waals surface area contributed by atoms with E-state index in [-0.39, 0.29) is 12.2 Å². The fraction of sp³-hybridized carbons (Fsp3) is 0.444. The van der Waals surface area contributed by atoms with Crippen molar-refractivity contribution in [3.63, 3.8) is 0 Å². The third-order valence-electron chi connectivity index (χ3n) is 3.62. The van der Waals surface area contributed by atoms with Crippen LogP contribution in [0.3, 0.4) is 0 Å². The van der Waals surface area contributed by atoms with Gasteiger partial charge in [0, 0.05) is 29.9 Å². The maximum absolute atomic E-state index is 12.0. The van der Waals surface area contributed by atoms with E-state index < -0.39 is 0 Å². The van der Waals surface area contributed by atoms with Gasteiger partial charge in [0.25, 0.3) is 5.56 Å². The summed E-state index contributed by atoms with van der Waals surface area (Å²) in [6.45, 7) is 3.02. The lowest BCUT2D eigenvalue weighted by molar-refractivity contribution is 0.288. The molecule has 1 heterocycles. The molecule has 2 aromatic rings. The zero-order valence-corrected chi connectivity index (χ0v) is 14.4. The molecule has 0 radical (unpaired) electrons. The molecule has 0 aliphatic rings. The normalized spacial score (nSPS) is 10.9. The van der Waals surface area contributed by atoms with Crippen LogP contribution in [0.1, 0.15) is 37.3 Å². The number of nitrogens with zero attached hydrogens (tertiary/aromatic N) is 2. The van der Waals surface area contributed by atoms with Crippen LogP contribution in [0.25, 0.3) is 0 Å². The van der Waals surface area contributed by atoms with Gasteiger partial charge >= 0.3 is 0 Å². The largest absolute Gasteiger partial charge is 0.396 e. The highest BCUT2D eigenvalue weighted by Crippen LogP contribution is 2.21. The molecule has 0 fully saturated rings. The second-order valence-electron chi connectivity index (χ2n) is 5.54. The lowest BCUT2D eigenvalue weighted by Gasteiger charge is -2.06. The number of hydrogen-bond donors (Lipinski definition) is 1. The maximum Gasteiger partial charge on any atom is 0.267 e. The van der Waals surface area contributed by atoms with Crippen molar-refractivity contribution in [1.82, 2.24) is 9.78 Å². The van der Waals surface area contributed by atoms with Crippen molar-refractivity contribution in [3.05, 3.63) is 58.0 Å². The van der Waals surface area contributed by atoms with Gasteiger partial charge in [-0.15, -0.1) is 11.8 Å². The highest BCUT2D eigenvalue weighted by molar-refractivity contribution is 7.98. The Hall–Kier alpha value is -1.59. The molecule has 1 N–H and O–H groups in total. The fourth-order valence-corrected chi connectivity index (χ4v) is 3.06. The van der Waals surface area contributed by atoms with Gasteiger partial charge in [0.1, 0.15) is 0 Å². The van der Waals surface area contributed by atoms with Gasteiger partial charge in [0.2, 0.25) is 0 Å². The summed E-state index contributed by atoms with van der Waals surface area (Å²) >= 11 is 1.63. The molecule has 124 valence electrons. The number of aromatic nitrogens is 2. The van der Waals surface area contributed by atoms with Crippen LogP contribution in [0, 0.1) is 0 Å². The van der Waals surface area contributed by atoms with Crippen molar-refractivity contribution < 1.29 is 5.11 Å². The van der Waals surface area contributed by atoms with Crippen LogP contribution in [0.4, 0.5) is 0 Å². The van der Waals surface area contributed by atoms with E-state index >= 15 is 0 Å². The third-order valence-corrected chi connectivity index (χ3v) is 4.65. The van der Waals surface area contributed by atoms with Gasteiger partial charge in [-0.3, -0.25) is 4.79 Å². The highest BCUT2D eigenvalue weighted by Gasteiger charge is 2.02. The molecule has 0 aliphatic carbocycles. The Kier molecular flexibility index (Phi) is 7.36. The number of thioether (sulfide) groups is 1. The van der Waals surface area contributed by atoms with Crippen molar-refractivity contribution in [1.29, 1.82) is 0 Å². The van der Waals surface area contributed by atoms with Crippen molar-refractivity contribution in [3.8, 4) is 0 Å². The summed E-state index contributed by atoms with van der Waals surface area (Å²) in [5, 5.41) is 13.1. The van der Waals surface area contributed by atoms with Crippen molar-refractivity contribution in [2.45, 2.75) is 49.8 Å². The molecule has 2 rings (SSSR count). The Morgan fingerprint density at radius 3 is 2.57 bits per heavy atom. The Labute approximate surface area is 141 Å². The van der Waals surface area contributed by atoms with E-state index in [9.17, 15) is 4.79 Å². The van der Waals surface area contributed by atoms with E-state index in [4.69, 9.17) is 5.11 Å². The van der Waals surface area contributed by atoms with Crippen LogP contribution in [0.5, 0.6) is 0 Å². The maximum atomic E-state index is 12.0. The Morgan fingerprint density at radius 2 is 1.91 bits per heavy atom. The zero-order valence-electron chi connectivity index (χ0n) is 13.6. The smallest absolute Gasteiger partial charge is 0.267 e. The van der Waals surface area contributed by atoms with Gasteiger partial charge in [0.05, 0.1) is 6.20 Å². The molecule has 0 saturated heterocycles. The fourth-order valence-electron chi connectivity index (χ4n) is 2.22. The van der Waals surface area contributed by atoms with Crippen LogP contribution in [-0.4, -0.2) is 21.5 Å². The molecule has 5 heteroatoms. The SMILES string of the molecule is CCCCn1ncc(SCc2ccc(CCCO)cc2)cc1=O. The number of aliphatic hydroxyl groups excluding tert-OH is 1. The number of aliphatic hydroxyl groups is 1. The van der Waals surface area contributed by atoms with Crippen molar-refractivity contribution in [2.75, 3.05) is 6.61 Å². The van der Waals surface area contributed by atoms with Gasteiger partial charge in [-0.25, -0.2) is 4.68 Å². The van der Waals surface area contributed by atoms with Crippen molar-refractivity contribution in [2.24, 2.45) is 0 Å². The van der Waals surface area contributed by atoms with E-state index in [0.717, 1.165) is 36.3 Å². The monoisotopic (exact) mass is 332 g/mol. The molecule has 0 atom stereocenters. The zero-order chi connectivity index (χ0) is 16.5. The molecular weight excluding hydrogens is 308 g/mol. The minimum absolute atomic E-state index is 0.0252. The second kappa shape index (κ2) is 9.53. The highest BCUT2D eigenvalue weighted by atomic mass is 32.2. The first-order chi connectivity index (χ1) is 11.2. The van der Waals surface area contributed by atoms with Gasteiger partial charge < -0.3 is 5.11 Å². The molecule has 0 amide bonds. The molecule has 23 heavy (non-hydrogen) atoms. The summed E-state index contributed by atoms with van der Waals surface area (Å²) in [7, 11) is 0. The third kappa shape index (κ3) is 5.84. The minimum atomic E-state index is -0.0252. The molecule has 0 saturated carbocycles. The second-order valence-corrected chi connectivity index (χ2v) is 6.59. The van der Waals surface area contributed by atoms with E-state index in [1.807, 2.05) is 0 Å². The van der Waals surface area contributed by atoms with Gasteiger partial charge in [-0.05, 0) is 30.4 Å². The van der Waals surface area contributed by atoms with E-state index in [2.05, 4.69) is 36.3 Å². The lowest BCUT2D eigenvalue weighted by atomic mass is 10.1. The topological polar surface area (TPSA) is 55.1 Å². The molecule has 1 aromatic carbocycles. The summed E-state index contributed by atoms with van der Waals surface area (Å²) in [6, 6.07) is 10.1. The average molecular weight is 332 g/mol.